The summed E-state index contributed by atoms with van der Waals surface area (Å²) in [6, 6.07) is 0. The van der Waals surface area contributed by atoms with Crippen molar-refractivity contribution in [3.63, 3.8) is 0 Å². The van der Waals surface area contributed by atoms with Gasteiger partial charge in [0.1, 0.15) is 5.78 Å². The molecule has 3 saturated carbocycles. The lowest BCUT2D eigenvalue weighted by molar-refractivity contribution is -0.127. The molecular formula is C14H20O. The summed E-state index contributed by atoms with van der Waals surface area (Å²) in [5.41, 5.74) is 1.70. The van der Waals surface area contributed by atoms with Crippen molar-refractivity contribution in [1.82, 2.24) is 0 Å². The lowest BCUT2D eigenvalue weighted by Gasteiger charge is -2.46. The molecule has 82 valence electrons. The van der Waals surface area contributed by atoms with E-state index in [4.69, 9.17) is 0 Å². The molecule has 3 rings (SSSR count). The molecule has 3 fully saturated rings. The van der Waals surface area contributed by atoms with Crippen LogP contribution in [-0.2, 0) is 4.79 Å². The first-order valence-electron chi connectivity index (χ1n) is 6.21. The first kappa shape index (κ1) is 9.62. The standard InChI is InChI=1S/C14H20O/c1-9-11-4-5-12(15)14(11)7-6-10(8-14)13(9,2)3/h10-11H,1,4-8H2,2-3H3/t10-,11?,14-/m1/s1. The molecule has 15 heavy (non-hydrogen) atoms. The predicted molar refractivity (Wildman–Crippen MR) is 60.4 cm³/mol. The second-order valence-corrected chi connectivity index (χ2v) is 6.36. The van der Waals surface area contributed by atoms with Crippen LogP contribution in [-0.4, -0.2) is 5.78 Å². The summed E-state index contributed by atoms with van der Waals surface area (Å²) in [6.07, 6.45) is 5.43. The summed E-state index contributed by atoms with van der Waals surface area (Å²) in [7, 11) is 0. The van der Waals surface area contributed by atoms with Gasteiger partial charge in [0.25, 0.3) is 0 Å². The van der Waals surface area contributed by atoms with E-state index < -0.39 is 0 Å². The Morgan fingerprint density at radius 1 is 1.33 bits per heavy atom. The highest BCUT2D eigenvalue weighted by Gasteiger charge is 2.62. The molecule has 0 radical (unpaired) electrons. The first-order valence-corrected chi connectivity index (χ1v) is 6.21. The van der Waals surface area contributed by atoms with E-state index in [1.165, 1.54) is 12.0 Å². The molecule has 0 heterocycles. The molecule has 3 atom stereocenters. The van der Waals surface area contributed by atoms with E-state index in [-0.39, 0.29) is 10.8 Å². The zero-order chi connectivity index (χ0) is 10.8. The molecule has 1 spiro atoms. The molecule has 0 amide bonds. The zero-order valence-electron chi connectivity index (χ0n) is 9.81. The van der Waals surface area contributed by atoms with Crippen molar-refractivity contribution in [2.45, 2.75) is 46.0 Å². The van der Waals surface area contributed by atoms with Crippen LogP contribution in [0.1, 0.15) is 46.0 Å². The Balaban J connectivity index is 2.10. The largest absolute Gasteiger partial charge is 0.299 e. The third-order valence-corrected chi connectivity index (χ3v) is 5.70. The number of hydrogen-bond donors (Lipinski definition) is 0. The van der Waals surface area contributed by atoms with Crippen LogP contribution in [0.2, 0.25) is 0 Å². The van der Waals surface area contributed by atoms with Crippen LogP contribution >= 0.6 is 0 Å². The summed E-state index contributed by atoms with van der Waals surface area (Å²) < 4.78 is 0. The topological polar surface area (TPSA) is 17.1 Å². The molecule has 2 bridgehead atoms. The maximum absolute atomic E-state index is 12.1. The summed E-state index contributed by atoms with van der Waals surface area (Å²) in [6.45, 7) is 8.99. The average molecular weight is 204 g/mol. The van der Waals surface area contributed by atoms with Gasteiger partial charge in [-0.05, 0) is 42.9 Å². The van der Waals surface area contributed by atoms with Gasteiger partial charge in [-0.1, -0.05) is 26.0 Å². The third kappa shape index (κ3) is 0.926. The number of allylic oxidation sites excluding steroid dienone is 1. The second-order valence-electron chi connectivity index (χ2n) is 6.36. The monoisotopic (exact) mass is 204 g/mol. The van der Waals surface area contributed by atoms with Gasteiger partial charge < -0.3 is 0 Å². The van der Waals surface area contributed by atoms with Crippen LogP contribution in [0, 0.1) is 22.7 Å². The summed E-state index contributed by atoms with van der Waals surface area (Å²) in [4.78, 5) is 12.1. The molecule has 1 heteroatoms. The third-order valence-electron chi connectivity index (χ3n) is 5.70. The van der Waals surface area contributed by atoms with E-state index >= 15 is 0 Å². The number of ketones is 1. The highest BCUT2D eigenvalue weighted by atomic mass is 16.1. The van der Waals surface area contributed by atoms with Gasteiger partial charge in [0.2, 0.25) is 0 Å². The first-order chi connectivity index (χ1) is 6.98. The highest BCUT2D eigenvalue weighted by molar-refractivity contribution is 5.88. The fourth-order valence-electron chi connectivity index (χ4n) is 4.48. The van der Waals surface area contributed by atoms with Gasteiger partial charge in [-0.15, -0.1) is 0 Å². The minimum Gasteiger partial charge on any atom is -0.299 e. The SMILES string of the molecule is C=C1C2CCC(=O)[C@@]23CC[C@H](C3)C1(C)C. The fourth-order valence-corrected chi connectivity index (χ4v) is 4.48. The van der Waals surface area contributed by atoms with E-state index in [0.29, 0.717) is 17.6 Å². The van der Waals surface area contributed by atoms with Crippen molar-refractivity contribution >= 4 is 5.78 Å². The summed E-state index contributed by atoms with van der Waals surface area (Å²) >= 11 is 0. The fraction of sp³-hybridized carbons (Fsp3) is 0.786. The van der Waals surface area contributed by atoms with E-state index in [2.05, 4.69) is 20.4 Å². The van der Waals surface area contributed by atoms with Crippen LogP contribution in [0.25, 0.3) is 0 Å². The smallest absolute Gasteiger partial charge is 0.139 e. The number of Topliss-reactive ketones (excluding diaryl/α,β-unsaturated/α-hetero) is 1. The predicted octanol–water partition coefficient (Wildman–Crippen LogP) is 3.35. The van der Waals surface area contributed by atoms with Crippen molar-refractivity contribution in [1.29, 1.82) is 0 Å². The van der Waals surface area contributed by atoms with Crippen molar-refractivity contribution in [3.05, 3.63) is 12.2 Å². The van der Waals surface area contributed by atoms with Crippen LogP contribution < -0.4 is 0 Å². The maximum Gasteiger partial charge on any atom is 0.139 e. The lowest BCUT2D eigenvalue weighted by Crippen LogP contribution is -2.41. The Morgan fingerprint density at radius 3 is 2.80 bits per heavy atom. The van der Waals surface area contributed by atoms with Gasteiger partial charge in [0, 0.05) is 11.8 Å². The minimum absolute atomic E-state index is 0.0528. The minimum atomic E-state index is 0.0528. The molecule has 1 unspecified atom stereocenters. The van der Waals surface area contributed by atoms with E-state index in [1.54, 1.807) is 0 Å². The molecule has 3 aliphatic carbocycles. The average Bonchev–Trinajstić information content (AvgIpc) is 2.72. The second kappa shape index (κ2) is 2.56. The molecule has 0 aromatic carbocycles. The van der Waals surface area contributed by atoms with E-state index in [1.807, 2.05) is 0 Å². The Morgan fingerprint density at radius 2 is 2.07 bits per heavy atom. The van der Waals surface area contributed by atoms with Crippen LogP contribution in [0.3, 0.4) is 0 Å². The highest BCUT2D eigenvalue weighted by Crippen LogP contribution is 2.66. The molecule has 3 aliphatic rings. The molecule has 0 aliphatic heterocycles. The van der Waals surface area contributed by atoms with Crippen LogP contribution in [0.4, 0.5) is 0 Å². The molecule has 0 aromatic rings. The lowest BCUT2D eigenvalue weighted by atomic mass is 9.57. The molecule has 0 N–H and O–H groups in total. The maximum atomic E-state index is 12.1. The van der Waals surface area contributed by atoms with Crippen LogP contribution in [0.5, 0.6) is 0 Å². The summed E-state index contributed by atoms with van der Waals surface area (Å²) in [5, 5.41) is 0. The Kier molecular flexibility index (Phi) is 1.64. The Bertz CT molecular complexity index is 352. The van der Waals surface area contributed by atoms with Gasteiger partial charge in [0.05, 0.1) is 0 Å². The molecular weight excluding hydrogens is 184 g/mol. The summed E-state index contributed by atoms with van der Waals surface area (Å²) in [5.74, 6) is 1.77. The number of hydrogen-bond acceptors (Lipinski definition) is 1. The zero-order valence-corrected chi connectivity index (χ0v) is 9.81. The van der Waals surface area contributed by atoms with E-state index in [9.17, 15) is 4.79 Å². The van der Waals surface area contributed by atoms with Crippen molar-refractivity contribution < 1.29 is 4.79 Å². The number of carbonyl (C=O) groups is 1. The number of rotatable bonds is 0. The van der Waals surface area contributed by atoms with E-state index in [0.717, 1.165) is 25.7 Å². The van der Waals surface area contributed by atoms with Crippen molar-refractivity contribution in [3.8, 4) is 0 Å². The molecule has 0 aromatic heterocycles. The molecule has 1 nitrogen and oxygen atoms in total. The Labute approximate surface area is 91.9 Å². The Hall–Kier alpha value is -0.590. The van der Waals surface area contributed by atoms with Gasteiger partial charge >= 0.3 is 0 Å². The van der Waals surface area contributed by atoms with Gasteiger partial charge in [-0.25, -0.2) is 0 Å². The van der Waals surface area contributed by atoms with Crippen LogP contribution in [0.15, 0.2) is 12.2 Å². The van der Waals surface area contributed by atoms with Crippen molar-refractivity contribution in [2.24, 2.45) is 22.7 Å². The number of carbonyl (C=O) groups excluding carboxylic acids is 1. The normalized spacial score (nSPS) is 47.1. The van der Waals surface area contributed by atoms with Gasteiger partial charge in [0.15, 0.2) is 0 Å². The van der Waals surface area contributed by atoms with Gasteiger partial charge in [-0.3, -0.25) is 4.79 Å². The molecule has 0 saturated heterocycles. The quantitative estimate of drug-likeness (QED) is 0.553. The van der Waals surface area contributed by atoms with Gasteiger partial charge in [-0.2, -0.15) is 0 Å². The van der Waals surface area contributed by atoms with Crippen molar-refractivity contribution in [2.75, 3.05) is 0 Å². The number of fused-ring (bicyclic) bond motifs is 1.